The van der Waals surface area contributed by atoms with Crippen molar-refractivity contribution < 1.29 is 4.74 Å². The fourth-order valence-electron chi connectivity index (χ4n) is 2.80. The molecule has 3 rings (SSSR count). The molecule has 1 aromatic heterocycles. The number of hydrogen-bond acceptors (Lipinski definition) is 3. The lowest BCUT2D eigenvalue weighted by Gasteiger charge is -2.29. The number of imidazole rings is 1. The van der Waals surface area contributed by atoms with Gasteiger partial charge in [0.05, 0.1) is 24.5 Å². The molecule has 2 aromatic rings. The van der Waals surface area contributed by atoms with Gasteiger partial charge in [-0.05, 0) is 50.5 Å². The van der Waals surface area contributed by atoms with Gasteiger partial charge in [0, 0.05) is 6.07 Å². The maximum atomic E-state index is 5.39. The van der Waals surface area contributed by atoms with E-state index < -0.39 is 0 Å². The van der Waals surface area contributed by atoms with Gasteiger partial charge >= 0.3 is 0 Å². The van der Waals surface area contributed by atoms with Crippen LogP contribution in [0.1, 0.15) is 24.3 Å². The lowest BCUT2D eigenvalue weighted by atomic mass is 9.88. The van der Waals surface area contributed by atoms with E-state index in [1.807, 2.05) is 6.07 Å². The Balaban J connectivity index is 2.01. The monoisotopic (exact) mass is 245 g/mol. The Morgan fingerprint density at radius 3 is 2.83 bits per heavy atom. The Kier molecular flexibility index (Phi) is 2.96. The molecule has 0 saturated carbocycles. The highest BCUT2D eigenvalue weighted by molar-refractivity contribution is 5.80. The summed E-state index contributed by atoms with van der Waals surface area (Å²) < 4.78 is 5.39. The van der Waals surface area contributed by atoms with Crippen molar-refractivity contribution in [3.05, 3.63) is 24.0 Å². The number of nitrogens with one attached hydrogen (secondary N) is 1. The molecule has 1 aliphatic rings. The average molecular weight is 245 g/mol. The van der Waals surface area contributed by atoms with E-state index in [1.54, 1.807) is 13.4 Å². The van der Waals surface area contributed by atoms with Crippen LogP contribution in [-0.4, -0.2) is 42.1 Å². The fourth-order valence-corrected chi connectivity index (χ4v) is 2.80. The maximum absolute atomic E-state index is 5.39. The number of aromatic amines is 1. The molecule has 1 aromatic carbocycles. The maximum Gasteiger partial charge on any atom is 0.121 e. The van der Waals surface area contributed by atoms with E-state index in [0.29, 0.717) is 5.92 Å². The number of likely N-dealkylation sites (tertiary alicyclic amines) is 1. The molecule has 4 nitrogen and oxygen atoms in total. The first-order chi connectivity index (χ1) is 8.78. The summed E-state index contributed by atoms with van der Waals surface area (Å²) in [7, 11) is 3.90. The second kappa shape index (κ2) is 4.61. The molecule has 1 aliphatic heterocycles. The summed E-state index contributed by atoms with van der Waals surface area (Å²) in [6, 6.07) is 4.17. The van der Waals surface area contributed by atoms with Crippen LogP contribution in [-0.2, 0) is 0 Å². The highest BCUT2D eigenvalue weighted by Crippen LogP contribution is 2.34. The Labute approximate surface area is 107 Å². The Bertz CT molecular complexity index is 541. The number of rotatable bonds is 2. The third-order valence-electron chi connectivity index (χ3n) is 3.92. The van der Waals surface area contributed by atoms with Crippen LogP contribution in [0.5, 0.6) is 5.75 Å². The first-order valence-electron chi connectivity index (χ1n) is 6.47. The summed E-state index contributed by atoms with van der Waals surface area (Å²) in [6.45, 7) is 2.32. The second-order valence-corrected chi connectivity index (χ2v) is 5.09. The van der Waals surface area contributed by atoms with E-state index in [0.717, 1.165) is 29.9 Å². The van der Waals surface area contributed by atoms with Crippen LogP contribution in [0.15, 0.2) is 18.5 Å². The van der Waals surface area contributed by atoms with E-state index in [1.165, 1.54) is 18.4 Å². The molecule has 0 bridgehead atoms. The Hall–Kier alpha value is -1.55. The number of fused-ring (bicyclic) bond motifs is 1. The van der Waals surface area contributed by atoms with Crippen LogP contribution in [0, 0.1) is 0 Å². The minimum atomic E-state index is 0.599. The number of aromatic nitrogens is 2. The van der Waals surface area contributed by atoms with E-state index in [4.69, 9.17) is 4.74 Å². The van der Waals surface area contributed by atoms with Crippen LogP contribution in [0.3, 0.4) is 0 Å². The van der Waals surface area contributed by atoms with Crippen LogP contribution in [0.2, 0.25) is 0 Å². The van der Waals surface area contributed by atoms with Gasteiger partial charge in [0.25, 0.3) is 0 Å². The topological polar surface area (TPSA) is 41.1 Å². The fraction of sp³-hybridized carbons (Fsp3) is 0.500. The average Bonchev–Trinajstić information content (AvgIpc) is 2.86. The standard InChI is InChI=1S/C14H19N3O/c1-17-5-3-10(4-6-17)12-7-11(18-2)8-13-14(12)16-9-15-13/h7-10H,3-6H2,1-2H3,(H,15,16). The van der Waals surface area contributed by atoms with Gasteiger partial charge < -0.3 is 14.6 Å². The van der Waals surface area contributed by atoms with Gasteiger partial charge in [0.15, 0.2) is 0 Å². The van der Waals surface area contributed by atoms with Crippen molar-refractivity contribution >= 4 is 11.0 Å². The number of nitrogens with zero attached hydrogens (tertiary/aromatic N) is 2. The molecule has 0 atom stereocenters. The molecule has 1 fully saturated rings. The SMILES string of the molecule is COc1cc(C2CCN(C)CC2)c2nc[nH]c2c1. The summed E-state index contributed by atoms with van der Waals surface area (Å²) in [5.41, 5.74) is 3.51. The van der Waals surface area contributed by atoms with Crippen molar-refractivity contribution in [2.24, 2.45) is 0 Å². The van der Waals surface area contributed by atoms with E-state index in [2.05, 4.69) is 28.0 Å². The summed E-state index contributed by atoms with van der Waals surface area (Å²) in [4.78, 5) is 10.0. The molecule has 4 heteroatoms. The molecule has 0 aliphatic carbocycles. The van der Waals surface area contributed by atoms with Crippen LogP contribution >= 0.6 is 0 Å². The number of methoxy groups -OCH3 is 1. The zero-order chi connectivity index (χ0) is 12.5. The zero-order valence-electron chi connectivity index (χ0n) is 10.9. The van der Waals surface area contributed by atoms with Gasteiger partial charge in [0.1, 0.15) is 5.75 Å². The summed E-state index contributed by atoms with van der Waals surface area (Å²) in [5.74, 6) is 1.52. The molecule has 2 heterocycles. The minimum absolute atomic E-state index is 0.599. The lowest BCUT2D eigenvalue weighted by molar-refractivity contribution is 0.255. The first kappa shape index (κ1) is 11.5. The highest BCUT2D eigenvalue weighted by Gasteiger charge is 2.21. The van der Waals surface area contributed by atoms with Gasteiger partial charge in [0.2, 0.25) is 0 Å². The molecule has 1 saturated heterocycles. The van der Waals surface area contributed by atoms with E-state index in [-0.39, 0.29) is 0 Å². The van der Waals surface area contributed by atoms with Gasteiger partial charge in [-0.1, -0.05) is 0 Å². The predicted molar refractivity (Wildman–Crippen MR) is 72.1 cm³/mol. The van der Waals surface area contributed by atoms with Crippen LogP contribution < -0.4 is 4.74 Å². The summed E-state index contributed by atoms with van der Waals surface area (Å²) in [6.07, 6.45) is 4.17. The predicted octanol–water partition coefficient (Wildman–Crippen LogP) is 2.38. The van der Waals surface area contributed by atoms with Crippen LogP contribution in [0.25, 0.3) is 11.0 Å². The molecule has 96 valence electrons. The summed E-state index contributed by atoms with van der Waals surface area (Å²) >= 11 is 0. The number of hydrogen-bond donors (Lipinski definition) is 1. The molecule has 0 spiro atoms. The van der Waals surface area contributed by atoms with Gasteiger partial charge in [-0.3, -0.25) is 0 Å². The number of ether oxygens (including phenoxy) is 1. The summed E-state index contributed by atoms with van der Waals surface area (Å²) in [5, 5.41) is 0. The van der Waals surface area contributed by atoms with Crippen molar-refractivity contribution in [3.63, 3.8) is 0 Å². The molecular formula is C14H19N3O. The molecule has 1 N–H and O–H groups in total. The third kappa shape index (κ3) is 1.97. The van der Waals surface area contributed by atoms with Crippen molar-refractivity contribution in [2.75, 3.05) is 27.2 Å². The second-order valence-electron chi connectivity index (χ2n) is 5.09. The van der Waals surface area contributed by atoms with Crippen molar-refractivity contribution in [1.82, 2.24) is 14.9 Å². The van der Waals surface area contributed by atoms with E-state index in [9.17, 15) is 0 Å². The molecule has 0 unspecified atom stereocenters. The number of benzene rings is 1. The highest BCUT2D eigenvalue weighted by atomic mass is 16.5. The zero-order valence-corrected chi connectivity index (χ0v) is 10.9. The number of H-pyrrole nitrogens is 1. The Morgan fingerprint density at radius 1 is 1.33 bits per heavy atom. The third-order valence-corrected chi connectivity index (χ3v) is 3.92. The largest absolute Gasteiger partial charge is 0.497 e. The van der Waals surface area contributed by atoms with Crippen LogP contribution in [0.4, 0.5) is 0 Å². The van der Waals surface area contributed by atoms with Crippen molar-refractivity contribution in [2.45, 2.75) is 18.8 Å². The Morgan fingerprint density at radius 2 is 2.11 bits per heavy atom. The van der Waals surface area contributed by atoms with E-state index >= 15 is 0 Å². The quantitative estimate of drug-likeness (QED) is 0.883. The minimum Gasteiger partial charge on any atom is -0.497 e. The normalized spacial score (nSPS) is 18.3. The number of piperidine rings is 1. The van der Waals surface area contributed by atoms with Crippen molar-refractivity contribution in [1.29, 1.82) is 0 Å². The molecular weight excluding hydrogens is 226 g/mol. The van der Waals surface area contributed by atoms with Gasteiger partial charge in [-0.2, -0.15) is 0 Å². The lowest BCUT2D eigenvalue weighted by Crippen LogP contribution is -2.29. The molecule has 18 heavy (non-hydrogen) atoms. The van der Waals surface area contributed by atoms with Crippen molar-refractivity contribution in [3.8, 4) is 5.75 Å². The molecule has 0 amide bonds. The molecule has 0 radical (unpaired) electrons. The van der Waals surface area contributed by atoms with Gasteiger partial charge in [-0.25, -0.2) is 4.98 Å². The van der Waals surface area contributed by atoms with Gasteiger partial charge in [-0.15, -0.1) is 0 Å². The first-order valence-corrected chi connectivity index (χ1v) is 6.47. The smallest absolute Gasteiger partial charge is 0.121 e.